The molecule has 0 bridgehead atoms. The number of aryl methyl sites for hydroxylation is 3. The molecule has 0 saturated heterocycles. The minimum absolute atomic E-state index is 0.477. The van der Waals surface area contributed by atoms with Crippen molar-refractivity contribution in [3.05, 3.63) is 52.3 Å². The van der Waals surface area contributed by atoms with Crippen molar-refractivity contribution in [2.75, 3.05) is 0 Å². The molecule has 1 aromatic heterocycles. The summed E-state index contributed by atoms with van der Waals surface area (Å²) >= 11 is 0. The zero-order valence-corrected chi connectivity index (χ0v) is 11.4. The summed E-state index contributed by atoms with van der Waals surface area (Å²) in [4.78, 5) is 0. The molecule has 1 aromatic carbocycles. The smallest absolute Gasteiger partial charge is 0.0670 e. The molecule has 0 saturated carbocycles. The fourth-order valence-electron chi connectivity index (χ4n) is 2.36. The highest BCUT2D eigenvalue weighted by molar-refractivity contribution is 5.45. The molecule has 2 heteroatoms. The van der Waals surface area contributed by atoms with Gasteiger partial charge in [0.1, 0.15) is 0 Å². The van der Waals surface area contributed by atoms with Crippen LogP contribution in [0.15, 0.2) is 24.3 Å². The van der Waals surface area contributed by atoms with Crippen molar-refractivity contribution >= 4 is 0 Å². The molecule has 0 N–H and O–H groups in total. The lowest BCUT2D eigenvalue weighted by Gasteiger charge is -2.11. The molecule has 0 radical (unpaired) electrons. The fraction of sp³-hybridized carbons (Fsp3) is 0.312. The second kappa shape index (κ2) is 4.70. The third kappa shape index (κ3) is 2.04. The monoisotopic (exact) mass is 238 g/mol. The average molecular weight is 238 g/mol. The van der Waals surface area contributed by atoms with E-state index in [9.17, 15) is 0 Å². The van der Waals surface area contributed by atoms with Crippen molar-refractivity contribution in [2.24, 2.45) is 0 Å². The molecule has 0 aliphatic carbocycles. The van der Waals surface area contributed by atoms with E-state index in [1.807, 2.05) is 0 Å². The molecule has 2 aromatic rings. The SMILES string of the molecule is Cc1ccc(-n2c(C)cc(CC#N)c2C)cc1C. The molecular weight excluding hydrogens is 220 g/mol. The maximum atomic E-state index is 8.84. The highest BCUT2D eigenvalue weighted by Crippen LogP contribution is 2.22. The van der Waals surface area contributed by atoms with Crippen LogP contribution in [-0.4, -0.2) is 4.57 Å². The molecule has 0 aliphatic rings. The number of nitriles is 1. The van der Waals surface area contributed by atoms with Gasteiger partial charge in [-0.25, -0.2) is 0 Å². The van der Waals surface area contributed by atoms with E-state index < -0.39 is 0 Å². The van der Waals surface area contributed by atoms with E-state index in [1.54, 1.807) is 0 Å². The molecule has 0 fully saturated rings. The van der Waals surface area contributed by atoms with E-state index in [0.717, 1.165) is 11.3 Å². The van der Waals surface area contributed by atoms with Gasteiger partial charge in [-0.05, 0) is 62.6 Å². The third-order valence-corrected chi connectivity index (χ3v) is 3.55. The van der Waals surface area contributed by atoms with Crippen LogP contribution in [-0.2, 0) is 6.42 Å². The van der Waals surface area contributed by atoms with E-state index in [1.165, 1.54) is 22.5 Å². The number of benzene rings is 1. The van der Waals surface area contributed by atoms with Gasteiger partial charge in [-0.2, -0.15) is 5.26 Å². The summed E-state index contributed by atoms with van der Waals surface area (Å²) in [6.07, 6.45) is 0.477. The van der Waals surface area contributed by atoms with Gasteiger partial charge in [0.2, 0.25) is 0 Å². The van der Waals surface area contributed by atoms with E-state index in [4.69, 9.17) is 5.26 Å². The van der Waals surface area contributed by atoms with Crippen molar-refractivity contribution in [2.45, 2.75) is 34.1 Å². The highest BCUT2D eigenvalue weighted by Gasteiger charge is 2.10. The van der Waals surface area contributed by atoms with Crippen molar-refractivity contribution in [3.8, 4) is 11.8 Å². The first-order chi connectivity index (χ1) is 8.54. The first-order valence-corrected chi connectivity index (χ1v) is 6.17. The molecule has 92 valence electrons. The molecule has 0 aliphatic heterocycles. The molecule has 0 amide bonds. The molecular formula is C16H18N2. The molecule has 1 heterocycles. The van der Waals surface area contributed by atoms with Crippen LogP contribution in [0, 0.1) is 39.0 Å². The lowest BCUT2D eigenvalue weighted by atomic mass is 10.1. The van der Waals surface area contributed by atoms with E-state index in [0.29, 0.717) is 6.42 Å². The number of nitrogens with zero attached hydrogens (tertiary/aromatic N) is 2. The standard InChI is InChI=1S/C16H18N2/c1-11-5-6-16(9-12(11)2)18-13(3)10-15(7-8-17)14(18)4/h5-6,9-10H,7H2,1-4H3. The molecule has 0 unspecified atom stereocenters. The quantitative estimate of drug-likeness (QED) is 0.782. The van der Waals surface area contributed by atoms with Gasteiger partial charge in [-0.15, -0.1) is 0 Å². The Kier molecular flexibility index (Phi) is 3.25. The van der Waals surface area contributed by atoms with Crippen LogP contribution in [0.4, 0.5) is 0 Å². The van der Waals surface area contributed by atoms with Gasteiger partial charge in [0.25, 0.3) is 0 Å². The Hall–Kier alpha value is -2.01. The van der Waals surface area contributed by atoms with Crippen molar-refractivity contribution < 1.29 is 0 Å². The Balaban J connectivity index is 2.57. The van der Waals surface area contributed by atoms with Crippen LogP contribution in [0.3, 0.4) is 0 Å². The van der Waals surface area contributed by atoms with Gasteiger partial charge < -0.3 is 4.57 Å². The fourth-order valence-corrected chi connectivity index (χ4v) is 2.36. The van der Waals surface area contributed by atoms with Gasteiger partial charge >= 0.3 is 0 Å². The third-order valence-electron chi connectivity index (χ3n) is 3.55. The molecule has 2 nitrogen and oxygen atoms in total. The Labute approximate surface area is 108 Å². The zero-order valence-electron chi connectivity index (χ0n) is 11.4. The maximum absolute atomic E-state index is 8.84. The van der Waals surface area contributed by atoms with Crippen LogP contribution in [0.1, 0.15) is 28.1 Å². The maximum Gasteiger partial charge on any atom is 0.0670 e. The predicted molar refractivity (Wildman–Crippen MR) is 74.0 cm³/mol. The number of hydrogen-bond donors (Lipinski definition) is 0. The van der Waals surface area contributed by atoms with E-state index in [2.05, 4.69) is 62.6 Å². The first-order valence-electron chi connectivity index (χ1n) is 6.17. The van der Waals surface area contributed by atoms with E-state index in [-0.39, 0.29) is 0 Å². The summed E-state index contributed by atoms with van der Waals surface area (Å²) in [5.41, 5.74) is 7.24. The summed E-state index contributed by atoms with van der Waals surface area (Å²) in [6.45, 7) is 8.41. The lowest BCUT2D eigenvalue weighted by molar-refractivity contribution is 0.953. The summed E-state index contributed by atoms with van der Waals surface area (Å²) < 4.78 is 2.22. The summed E-state index contributed by atoms with van der Waals surface area (Å²) in [5.74, 6) is 0. The van der Waals surface area contributed by atoms with Crippen molar-refractivity contribution in [1.82, 2.24) is 4.57 Å². The normalized spacial score (nSPS) is 10.4. The van der Waals surface area contributed by atoms with Crippen LogP contribution < -0.4 is 0 Å². The second-order valence-electron chi connectivity index (χ2n) is 4.84. The Morgan fingerprint density at radius 3 is 2.39 bits per heavy atom. The lowest BCUT2D eigenvalue weighted by Crippen LogP contribution is -2.00. The summed E-state index contributed by atoms with van der Waals surface area (Å²) in [6, 6.07) is 10.8. The zero-order chi connectivity index (χ0) is 13.3. The number of aromatic nitrogens is 1. The Bertz CT molecular complexity index is 627. The van der Waals surface area contributed by atoms with Crippen molar-refractivity contribution in [1.29, 1.82) is 5.26 Å². The number of rotatable bonds is 2. The predicted octanol–water partition coefficient (Wildman–Crippen LogP) is 3.78. The Morgan fingerprint density at radius 1 is 1.06 bits per heavy atom. The van der Waals surface area contributed by atoms with Crippen LogP contribution in [0.5, 0.6) is 0 Å². The van der Waals surface area contributed by atoms with Gasteiger partial charge in [-0.1, -0.05) is 6.07 Å². The van der Waals surface area contributed by atoms with Crippen LogP contribution in [0.2, 0.25) is 0 Å². The minimum atomic E-state index is 0.477. The topological polar surface area (TPSA) is 28.7 Å². The Morgan fingerprint density at radius 2 is 1.78 bits per heavy atom. The summed E-state index contributed by atoms with van der Waals surface area (Å²) in [7, 11) is 0. The van der Waals surface area contributed by atoms with Gasteiger partial charge in [0.15, 0.2) is 0 Å². The van der Waals surface area contributed by atoms with Gasteiger partial charge in [0.05, 0.1) is 12.5 Å². The van der Waals surface area contributed by atoms with Crippen LogP contribution in [0.25, 0.3) is 5.69 Å². The molecule has 18 heavy (non-hydrogen) atoms. The van der Waals surface area contributed by atoms with Crippen LogP contribution >= 0.6 is 0 Å². The average Bonchev–Trinajstić information content (AvgIpc) is 2.59. The second-order valence-corrected chi connectivity index (χ2v) is 4.84. The van der Waals surface area contributed by atoms with Gasteiger partial charge in [0, 0.05) is 17.1 Å². The van der Waals surface area contributed by atoms with Gasteiger partial charge in [-0.3, -0.25) is 0 Å². The minimum Gasteiger partial charge on any atom is -0.318 e. The molecule has 0 atom stereocenters. The first kappa shape index (κ1) is 12.4. The number of hydrogen-bond acceptors (Lipinski definition) is 1. The van der Waals surface area contributed by atoms with Crippen molar-refractivity contribution in [3.63, 3.8) is 0 Å². The highest BCUT2D eigenvalue weighted by atomic mass is 15.0. The van der Waals surface area contributed by atoms with E-state index >= 15 is 0 Å². The largest absolute Gasteiger partial charge is 0.318 e. The summed E-state index contributed by atoms with van der Waals surface area (Å²) in [5, 5.41) is 8.84. The molecule has 0 spiro atoms. The molecule has 2 rings (SSSR count).